The fraction of sp³-hybridized carbons (Fsp3) is 0.889. The first-order valence-corrected chi connectivity index (χ1v) is 4.65. The fourth-order valence-corrected chi connectivity index (χ4v) is 1.35. The molecule has 76 valence electrons. The minimum atomic E-state index is -0.293. The highest BCUT2D eigenvalue weighted by molar-refractivity contribution is 5.85. The lowest BCUT2D eigenvalue weighted by atomic mass is 10.1. The number of nitrogens with two attached hydrogens (primary N) is 1. The molecule has 1 saturated carbocycles. The molecule has 3 N–H and O–H groups in total. The lowest BCUT2D eigenvalue weighted by molar-refractivity contribution is -0.137. The van der Waals surface area contributed by atoms with Crippen LogP contribution in [-0.4, -0.2) is 42.2 Å². The van der Waals surface area contributed by atoms with Crippen molar-refractivity contribution in [2.45, 2.75) is 25.8 Å². The van der Waals surface area contributed by atoms with Crippen LogP contribution in [0.4, 0.5) is 0 Å². The van der Waals surface area contributed by atoms with Gasteiger partial charge in [-0.3, -0.25) is 4.79 Å². The lowest BCUT2D eigenvalue weighted by Gasteiger charge is -2.27. The van der Waals surface area contributed by atoms with Crippen molar-refractivity contribution in [3.63, 3.8) is 0 Å². The lowest BCUT2D eigenvalue weighted by Crippen LogP contribution is -2.44. The van der Waals surface area contributed by atoms with E-state index < -0.39 is 0 Å². The number of hydrogen-bond donors (Lipinski definition) is 2. The summed E-state index contributed by atoms with van der Waals surface area (Å²) in [5.74, 6) is 0.0801. The molecule has 0 saturated heterocycles. The second kappa shape index (κ2) is 3.64. The number of nitrogens with zero attached hydrogens (tertiary/aromatic N) is 1. The van der Waals surface area contributed by atoms with Gasteiger partial charge in [-0.25, -0.2) is 0 Å². The van der Waals surface area contributed by atoms with Gasteiger partial charge in [0, 0.05) is 13.6 Å². The summed E-state index contributed by atoms with van der Waals surface area (Å²) in [7, 11) is 1.72. The third-order valence-corrected chi connectivity index (χ3v) is 2.94. The molecule has 1 atom stereocenters. The van der Waals surface area contributed by atoms with Crippen LogP contribution in [0.25, 0.3) is 0 Å². The maximum absolute atomic E-state index is 11.8. The molecule has 1 amide bonds. The molecule has 0 aromatic carbocycles. The number of carbonyl (C=O) groups is 1. The van der Waals surface area contributed by atoms with Gasteiger partial charge in [-0.1, -0.05) is 0 Å². The Morgan fingerprint density at radius 2 is 2.23 bits per heavy atom. The van der Waals surface area contributed by atoms with Gasteiger partial charge in [0.05, 0.1) is 18.1 Å². The van der Waals surface area contributed by atoms with Gasteiger partial charge in [0.15, 0.2) is 0 Å². The van der Waals surface area contributed by atoms with Crippen LogP contribution in [0.1, 0.15) is 19.8 Å². The van der Waals surface area contributed by atoms with Crippen LogP contribution in [0, 0.1) is 5.41 Å². The van der Waals surface area contributed by atoms with Crippen LogP contribution in [-0.2, 0) is 4.79 Å². The molecular formula is C9H18N2O2. The molecule has 1 unspecified atom stereocenters. The van der Waals surface area contributed by atoms with Crippen molar-refractivity contribution in [2.75, 3.05) is 20.2 Å². The number of aliphatic hydroxyl groups excluding tert-OH is 1. The highest BCUT2D eigenvalue weighted by Gasteiger charge is 2.50. The van der Waals surface area contributed by atoms with Crippen molar-refractivity contribution >= 4 is 5.91 Å². The molecule has 0 radical (unpaired) electrons. The first-order valence-electron chi connectivity index (χ1n) is 4.65. The molecule has 13 heavy (non-hydrogen) atoms. The second-order valence-electron chi connectivity index (χ2n) is 3.93. The average molecular weight is 186 g/mol. The molecule has 1 rings (SSSR count). The van der Waals surface area contributed by atoms with Gasteiger partial charge in [-0.2, -0.15) is 0 Å². The molecule has 0 heterocycles. The van der Waals surface area contributed by atoms with Gasteiger partial charge in [0.25, 0.3) is 0 Å². The van der Waals surface area contributed by atoms with Gasteiger partial charge in [0.2, 0.25) is 5.91 Å². The Hall–Kier alpha value is -0.610. The number of rotatable bonds is 4. The number of amides is 1. The third kappa shape index (κ3) is 1.84. The zero-order chi connectivity index (χ0) is 10.1. The van der Waals surface area contributed by atoms with Gasteiger partial charge in [-0.05, 0) is 19.8 Å². The van der Waals surface area contributed by atoms with E-state index in [1.165, 1.54) is 0 Å². The van der Waals surface area contributed by atoms with Crippen molar-refractivity contribution in [1.82, 2.24) is 4.90 Å². The number of hydrogen-bond acceptors (Lipinski definition) is 3. The van der Waals surface area contributed by atoms with Gasteiger partial charge < -0.3 is 15.7 Å². The molecule has 0 aromatic heterocycles. The number of aliphatic hydroxyl groups is 1. The standard InChI is InChI=1S/C9H18N2O2/c1-7(5-12)11(2)8(13)9(6-10)3-4-9/h7,12H,3-6,10H2,1-2H3. The van der Waals surface area contributed by atoms with Crippen LogP contribution in [0.5, 0.6) is 0 Å². The van der Waals surface area contributed by atoms with E-state index in [1.807, 2.05) is 6.92 Å². The smallest absolute Gasteiger partial charge is 0.230 e. The Morgan fingerprint density at radius 3 is 2.54 bits per heavy atom. The maximum atomic E-state index is 11.8. The van der Waals surface area contributed by atoms with Crippen molar-refractivity contribution in [2.24, 2.45) is 11.1 Å². The first-order chi connectivity index (χ1) is 6.07. The molecule has 4 nitrogen and oxygen atoms in total. The molecule has 1 aliphatic carbocycles. The first kappa shape index (κ1) is 10.5. The quantitative estimate of drug-likeness (QED) is 0.625. The van der Waals surface area contributed by atoms with Crippen LogP contribution in [0.2, 0.25) is 0 Å². The Labute approximate surface area is 78.7 Å². The third-order valence-electron chi connectivity index (χ3n) is 2.94. The van der Waals surface area contributed by atoms with Crippen LogP contribution in [0.15, 0.2) is 0 Å². The Kier molecular flexibility index (Phi) is 2.93. The summed E-state index contributed by atoms with van der Waals surface area (Å²) in [4.78, 5) is 13.4. The topological polar surface area (TPSA) is 66.6 Å². The van der Waals surface area contributed by atoms with E-state index in [9.17, 15) is 4.79 Å². The largest absolute Gasteiger partial charge is 0.394 e. The van der Waals surface area contributed by atoms with E-state index in [0.717, 1.165) is 12.8 Å². The summed E-state index contributed by atoms with van der Waals surface area (Å²) in [5, 5.41) is 8.89. The summed E-state index contributed by atoms with van der Waals surface area (Å²) in [6, 6.07) is -0.114. The van der Waals surface area contributed by atoms with Crippen LogP contribution < -0.4 is 5.73 Å². The van der Waals surface area contributed by atoms with E-state index in [2.05, 4.69) is 0 Å². The predicted molar refractivity (Wildman–Crippen MR) is 50.0 cm³/mol. The summed E-state index contributed by atoms with van der Waals surface area (Å²) in [5.41, 5.74) is 5.25. The van der Waals surface area contributed by atoms with Gasteiger partial charge in [0.1, 0.15) is 0 Å². The predicted octanol–water partition coefficient (Wildman–Crippen LogP) is -0.435. The van der Waals surface area contributed by atoms with E-state index in [0.29, 0.717) is 6.54 Å². The molecule has 0 bridgehead atoms. The zero-order valence-corrected chi connectivity index (χ0v) is 8.29. The summed E-state index contributed by atoms with van der Waals surface area (Å²) in [6.07, 6.45) is 1.79. The molecule has 0 spiro atoms. The normalized spacial score (nSPS) is 20.9. The zero-order valence-electron chi connectivity index (χ0n) is 8.29. The fourth-order valence-electron chi connectivity index (χ4n) is 1.35. The minimum Gasteiger partial charge on any atom is -0.394 e. The van der Waals surface area contributed by atoms with Crippen LogP contribution in [0.3, 0.4) is 0 Å². The second-order valence-corrected chi connectivity index (χ2v) is 3.93. The van der Waals surface area contributed by atoms with E-state index in [4.69, 9.17) is 10.8 Å². The molecule has 0 aliphatic heterocycles. The van der Waals surface area contributed by atoms with Gasteiger partial charge >= 0.3 is 0 Å². The molecule has 1 aliphatic rings. The summed E-state index contributed by atoms with van der Waals surface area (Å²) < 4.78 is 0. The Balaban J connectivity index is 2.57. The molecule has 4 heteroatoms. The molecular weight excluding hydrogens is 168 g/mol. The van der Waals surface area contributed by atoms with Crippen molar-refractivity contribution in [3.05, 3.63) is 0 Å². The number of likely N-dealkylation sites (N-methyl/N-ethyl adjacent to an activating group) is 1. The average Bonchev–Trinajstić information content (AvgIpc) is 2.95. The Bertz CT molecular complexity index is 202. The van der Waals surface area contributed by atoms with E-state index in [-0.39, 0.29) is 24.0 Å². The van der Waals surface area contributed by atoms with E-state index in [1.54, 1.807) is 11.9 Å². The highest BCUT2D eigenvalue weighted by Crippen LogP contribution is 2.46. The molecule has 0 aromatic rings. The Morgan fingerprint density at radius 1 is 1.69 bits per heavy atom. The number of carbonyl (C=O) groups excluding carboxylic acids is 1. The van der Waals surface area contributed by atoms with Crippen molar-refractivity contribution < 1.29 is 9.90 Å². The SMILES string of the molecule is CC(CO)N(C)C(=O)C1(CN)CC1. The maximum Gasteiger partial charge on any atom is 0.230 e. The van der Waals surface area contributed by atoms with E-state index >= 15 is 0 Å². The summed E-state index contributed by atoms with van der Waals surface area (Å²) in [6.45, 7) is 2.25. The van der Waals surface area contributed by atoms with Crippen molar-refractivity contribution in [3.8, 4) is 0 Å². The van der Waals surface area contributed by atoms with Gasteiger partial charge in [-0.15, -0.1) is 0 Å². The summed E-state index contributed by atoms with van der Waals surface area (Å²) >= 11 is 0. The highest BCUT2D eigenvalue weighted by atomic mass is 16.3. The minimum absolute atomic E-state index is 0.00287. The monoisotopic (exact) mass is 186 g/mol. The van der Waals surface area contributed by atoms with Crippen molar-refractivity contribution in [1.29, 1.82) is 0 Å². The van der Waals surface area contributed by atoms with Crippen LogP contribution >= 0.6 is 0 Å². The molecule has 1 fully saturated rings.